The second kappa shape index (κ2) is 8.10. The topological polar surface area (TPSA) is 93.3 Å². The van der Waals surface area contributed by atoms with Gasteiger partial charge in [0.2, 0.25) is 5.76 Å². The molecular weight excluding hydrogens is 435 g/mol. The smallest absolute Gasteiger partial charge is 0.351 e. The van der Waals surface area contributed by atoms with Crippen LogP contribution in [0, 0.1) is 6.92 Å². The molecule has 0 bridgehead atoms. The van der Waals surface area contributed by atoms with Gasteiger partial charge in [0, 0.05) is 18.3 Å². The van der Waals surface area contributed by atoms with Crippen LogP contribution in [0.3, 0.4) is 0 Å². The number of halogens is 3. The number of rotatable bonds is 3. The molecule has 31 heavy (non-hydrogen) atoms. The second-order valence-electron chi connectivity index (χ2n) is 6.95. The van der Waals surface area contributed by atoms with Crippen molar-refractivity contribution in [2.75, 3.05) is 16.8 Å². The molecule has 0 unspecified atom stereocenters. The van der Waals surface area contributed by atoms with Gasteiger partial charge in [0.05, 0.1) is 29.2 Å². The average molecular weight is 453 g/mol. The van der Waals surface area contributed by atoms with Gasteiger partial charge in [0.1, 0.15) is 0 Å². The van der Waals surface area contributed by atoms with Crippen molar-refractivity contribution in [1.82, 2.24) is 14.9 Å². The minimum atomic E-state index is -4.47. The Labute approximate surface area is 181 Å². The summed E-state index contributed by atoms with van der Waals surface area (Å²) in [5.74, 6) is -1.11. The zero-order valence-corrected chi connectivity index (χ0v) is 17.4. The Morgan fingerprint density at radius 1 is 1.26 bits per heavy atom. The molecule has 0 fully saturated rings. The fourth-order valence-corrected chi connectivity index (χ4v) is 3.26. The summed E-state index contributed by atoms with van der Waals surface area (Å²) in [6.45, 7) is 3.69. The van der Waals surface area contributed by atoms with E-state index in [2.05, 4.69) is 15.6 Å². The number of amides is 2. The molecule has 8 nitrogen and oxygen atoms in total. The third-order valence-corrected chi connectivity index (χ3v) is 4.71. The summed E-state index contributed by atoms with van der Waals surface area (Å²) in [5, 5.41) is 10.4. The fraction of sp³-hybridized carbons (Fsp3) is 0.263. The molecule has 164 valence electrons. The Hall–Kier alpha value is -3.28. The number of hydrogen-bond acceptors (Lipinski definition) is 5. The van der Waals surface area contributed by atoms with Crippen LogP contribution in [0.5, 0.6) is 0 Å². The van der Waals surface area contributed by atoms with Gasteiger partial charge in [0.25, 0.3) is 11.8 Å². The molecule has 1 atom stereocenters. The van der Waals surface area contributed by atoms with E-state index in [0.717, 1.165) is 12.1 Å². The Bertz CT molecular complexity index is 1120. The van der Waals surface area contributed by atoms with E-state index in [9.17, 15) is 22.8 Å². The predicted molar refractivity (Wildman–Crippen MR) is 110 cm³/mol. The van der Waals surface area contributed by atoms with E-state index in [1.54, 1.807) is 6.92 Å². The molecule has 2 amide bonds. The van der Waals surface area contributed by atoms with Crippen LogP contribution in [0.4, 0.5) is 24.5 Å². The van der Waals surface area contributed by atoms with Crippen molar-refractivity contribution in [2.24, 2.45) is 0 Å². The summed E-state index contributed by atoms with van der Waals surface area (Å²) >= 11 is 0. The van der Waals surface area contributed by atoms with Crippen LogP contribution in [0.1, 0.15) is 45.3 Å². The van der Waals surface area contributed by atoms with Crippen molar-refractivity contribution in [2.45, 2.75) is 26.1 Å². The van der Waals surface area contributed by atoms with Crippen molar-refractivity contribution in [3.05, 3.63) is 59.2 Å². The molecule has 3 aromatic rings. The lowest BCUT2D eigenvalue weighted by Crippen LogP contribution is -2.43. The van der Waals surface area contributed by atoms with Crippen LogP contribution >= 0.6 is 13.5 Å². The van der Waals surface area contributed by atoms with Crippen molar-refractivity contribution in [3.8, 4) is 0 Å². The number of nitrogens with one attached hydrogen (secondary N) is 1. The van der Waals surface area contributed by atoms with E-state index in [4.69, 9.17) is 4.52 Å². The number of nitrogens with zero attached hydrogens (tertiary/aromatic N) is 4. The molecule has 1 N–H and O–H groups in total. The summed E-state index contributed by atoms with van der Waals surface area (Å²) in [7, 11) is 0. The largest absolute Gasteiger partial charge is 0.416 e. The Morgan fingerprint density at radius 3 is 2.52 bits per heavy atom. The minimum Gasteiger partial charge on any atom is -0.351 e. The molecule has 1 aliphatic rings. The first kappa shape index (κ1) is 22.4. The quantitative estimate of drug-likeness (QED) is 0.652. The first-order valence-corrected chi connectivity index (χ1v) is 8.96. The molecule has 4 rings (SSSR count). The lowest BCUT2D eigenvalue weighted by Gasteiger charge is -2.32. The highest BCUT2D eigenvalue weighted by atomic mass is 32.1. The lowest BCUT2D eigenvalue weighted by atomic mass is 10.1. The highest BCUT2D eigenvalue weighted by molar-refractivity contribution is 7.59. The maximum absolute atomic E-state index is 13.1. The molecule has 0 aliphatic carbocycles. The van der Waals surface area contributed by atoms with Crippen molar-refractivity contribution in [1.29, 1.82) is 0 Å². The van der Waals surface area contributed by atoms with Crippen molar-refractivity contribution in [3.63, 3.8) is 0 Å². The van der Waals surface area contributed by atoms with E-state index in [1.807, 2.05) is 6.92 Å². The Balaban J connectivity index is 0.00000272. The SMILES string of the molecule is Cc1cc(C(=O)Nc2cnn3c2C(=O)N(c2ccc(C(F)(F)F)cc2)C[C@@H]3C)on1.S. The van der Waals surface area contributed by atoms with Gasteiger partial charge in [-0.05, 0) is 38.1 Å². The fourth-order valence-electron chi connectivity index (χ4n) is 3.26. The number of aryl methyl sites for hydroxylation is 1. The Morgan fingerprint density at radius 2 is 1.94 bits per heavy atom. The minimum absolute atomic E-state index is 0. The highest BCUT2D eigenvalue weighted by Crippen LogP contribution is 2.33. The van der Waals surface area contributed by atoms with Crippen LogP contribution < -0.4 is 10.2 Å². The molecule has 1 aromatic carbocycles. The number of hydrogen-bond donors (Lipinski definition) is 1. The number of alkyl halides is 3. The van der Waals surface area contributed by atoms with Gasteiger partial charge in [-0.2, -0.15) is 31.8 Å². The molecular formula is C19H18F3N5O3S. The third-order valence-electron chi connectivity index (χ3n) is 4.71. The van der Waals surface area contributed by atoms with Crippen LogP contribution in [0.2, 0.25) is 0 Å². The number of fused-ring (bicyclic) bond motifs is 1. The molecule has 3 heterocycles. The summed E-state index contributed by atoms with van der Waals surface area (Å²) in [4.78, 5) is 26.8. The number of aromatic nitrogens is 3. The number of anilines is 2. The van der Waals surface area contributed by atoms with Gasteiger partial charge in [0.15, 0.2) is 5.69 Å². The van der Waals surface area contributed by atoms with E-state index in [1.165, 1.54) is 34.0 Å². The molecule has 0 saturated heterocycles. The van der Waals surface area contributed by atoms with Gasteiger partial charge in [-0.25, -0.2) is 0 Å². The average Bonchev–Trinajstić information content (AvgIpc) is 3.31. The Kier molecular flexibility index (Phi) is 5.85. The standard InChI is InChI=1S/C19H16F3N5O3.H2S/c1-10-7-15(30-25-10)17(28)24-14-8-23-27-11(2)9-26(18(29)16(14)27)13-5-3-12(4-6-13)19(20,21)22;/h3-8,11H,9H2,1-2H3,(H,24,28);1H2/t11-;/m0./s1. The molecule has 0 spiro atoms. The van der Waals surface area contributed by atoms with Crippen LogP contribution in [0.25, 0.3) is 0 Å². The van der Waals surface area contributed by atoms with Crippen molar-refractivity contribution >= 4 is 36.7 Å². The lowest BCUT2D eigenvalue weighted by molar-refractivity contribution is -0.137. The number of benzene rings is 1. The zero-order valence-electron chi connectivity index (χ0n) is 16.4. The predicted octanol–water partition coefficient (Wildman–Crippen LogP) is 3.78. The highest BCUT2D eigenvalue weighted by Gasteiger charge is 2.35. The maximum Gasteiger partial charge on any atom is 0.416 e. The van der Waals surface area contributed by atoms with E-state index in [0.29, 0.717) is 11.4 Å². The van der Waals surface area contributed by atoms with Crippen molar-refractivity contribution < 1.29 is 27.3 Å². The summed E-state index contributed by atoms with van der Waals surface area (Å²) in [6.07, 6.45) is -3.12. The zero-order chi connectivity index (χ0) is 21.6. The maximum atomic E-state index is 13.1. The van der Waals surface area contributed by atoms with E-state index in [-0.39, 0.29) is 43.2 Å². The second-order valence-corrected chi connectivity index (χ2v) is 6.95. The molecule has 0 saturated carbocycles. The van der Waals surface area contributed by atoms with Crippen LogP contribution in [-0.4, -0.2) is 33.3 Å². The first-order chi connectivity index (χ1) is 14.1. The summed E-state index contributed by atoms with van der Waals surface area (Å²) in [6, 6.07) is 5.52. The van der Waals surface area contributed by atoms with Gasteiger partial charge < -0.3 is 14.7 Å². The van der Waals surface area contributed by atoms with Gasteiger partial charge in [-0.3, -0.25) is 14.3 Å². The van der Waals surface area contributed by atoms with Crippen LogP contribution in [0.15, 0.2) is 41.1 Å². The van der Waals surface area contributed by atoms with Crippen LogP contribution in [-0.2, 0) is 6.18 Å². The summed E-state index contributed by atoms with van der Waals surface area (Å²) < 4.78 is 44.9. The monoisotopic (exact) mass is 453 g/mol. The molecule has 0 radical (unpaired) electrons. The van der Waals surface area contributed by atoms with Gasteiger partial charge >= 0.3 is 6.18 Å². The van der Waals surface area contributed by atoms with E-state index >= 15 is 0 Å². The molecule has 12 heteroatoms. The molecule has 1 aliphatic heterocycles. The first-order valence-electron chi connectivity index (χ1n) is 8.96. The summed E-state index contributed by atoms with van der Waals surface area (Å²) in [5.41, 5.74) is 0.329. The molecule has 2 aromatic heterocycles. The van der Waals surface area contributed by atoms with Gasteiger partial charge in [-0.15, -0.1) is 0 Å². The van der Waals surface area contributed by atoms with Gasteiger partial charge in [-0.1, -0.05) is 5.16 Å². The number of carbonyl (C=O) groups excluding carboxylic acids is 2. The van der Waals surface area contributed by atoms with E-state index < -0.39 is 23.6 Å². The number of carbonyl (C=O) groups is 2. The third kappa shape index (κ3) is 4.15. The normalized spacial score (nSPS) is 16.0.